The van der Waals surface area contributed by atoms with E-state index >= 15 is 0 Å². The molecule has 7 heteroatoms. The summed E-state index contributed by atoms with van der Waals surface area (Å²) in [5.41, 5.74) is 8.07. The topological polar surface area (TPSA) is 83.2 Å². The Labute approximate surface area is 165 Å². The van der Waals surface area contributed by atoms with Gasteiger partial charge in [0, 0.05) is 51.0 Å². The Bertz CT molecular complexity index is 827. The molecular weight excluding hydrogens is 354 g/mol. The van der Waals surface area contributed by atoms with Crippen LogP contribution in [0.25, 0.3) is 0 Å². The molecule has 0 aromatic heterocycles. The van der Waals surface area contributed by atoms with Crippen molar-refractivity contribution in [3.8, 4) is 5.75 Å². The van der Waals surface area contributed by atoms with Crippen LogP contribution in [0.15, 0.2) is 53.5 Å². The third kappa shape index (κ3) is 4.73. The third-order valence-electron chi connectivity index (χ3n) is 4.89. The molecule has 0 aliphatic carbocycles. The van der Waals surface area contributed by atoms with Crippen LogP contribution in [0.5, 0.6) is 5.75 Å². The van der Waals surface area contributed by atoms with Gasteiger partial charge >= 0.3 is 0 Å². The number of aliphatic imine (C=N–C) groups is 1. The number of amides is 1. The molecule has 148 valence electrons. The zero-order valence-corrected chi connectivity index (χ0v) is 16.4. The van der Waals surface area contributed by atoms with Gasteiger partial charge in [0.15, 0.2) is 5.96 Å². The minimum atomic E-state index is -0.416. The average Bonchev–Trinajstić information content (AvgIpc) is 2.75. The van der Waals surface area contributed by atoms with E-state index in [2.05, 4.69) is 32.2 Å². The zero-order chi connectivity index (χ0) is 19.9. The van der Waals surface area contributed by atoms with Crippen LogP contribution in [-0.4, -0.2) is 57.1 Å². The number of nitrogens with zero attached hydrogens (tertiary/aromatic N) is 3. The van der Waals surface area contributed by atoms with Crippen LogP contribution in [0.3, 0.4) is 0 Å². The summed E-state index contributed by atoms with van der Waals surface area (Å²) in [6, 6.07) is 15.5. The van der Waals surface area contributed by atoms with Gasteiger partial charge in [-0.15, -0.1) is 0 Å². The molecule has 0 saturated carbocycles. The monoisotopic (exact) mass is 381 g/mol. The van der Waals surface area contributed by atoms with Gasteiger partial charge < -0.3 is 25.6 Å². The number of carbonyl (C=O) groups is 1. The van der Waals surface area contributed by atoms with E-state index in [0.29, 0.717) is 12.1 Å². The van der Waals surface area contributed by atoms with Crippen LogP contribution in [0, 0.1) is 0 Å². The van der Waals surface area contributed by atoms with Crippen molar-refractivity contribution in [1.29, 1.82) is 0 Å². The summed E-state index contributed by atoms with van der Waals surface area (Å²) in [5, 5.41) is 3.38. The van der Waals surface area contributed by atoms with Gasteiger partial charge in [-0.1, -0.05) is 12.1 Å². The Morgan fingerprint density at radius 2 is 1.86 bits per heavy atom. The highest BCUT2D eigenvalue weighted by Crippen LogP contribution is 2.20. The van der Waals surface area contributed by atoms with Crippen molar-refractivity contribution < 1.29 is 9.53 Å². The number of nitrogens with two attached hydrogens (primary N) is 1. The summed E-state index contributed by atoms with van der Waals surface area (Å²) in [7, 11) is 3.47. The average molecular weight is 381 g/mol. The summed E-state index contributed by atoms with van der Waals surface area (Å²) in [4.78, 5) is 20.4. The SMILES string of the molecule is CN=C(NCc1cccc(C(N)=O)c1)N1CCN(c2ccc(OC)cc2)CC1. The minimum absolute atomic E-state index is 0.416. The standard InChI is InChI=1S/C21H27N5O2/c1-23-21(24-15-16-4-3-5-17(14-16)20(22)27)26-12-10-25(11-13-26)18-6-8-19(28-2)9-7-18/h3-9,14H,10-13,15H2,1-2H3,(H2,22,27)(H,23,24). The van der Waals surface area contributed by atoms with Gasteiger partial charge in [0.1, 0.15) is 5.75 Å². The molecule has 1 aliphatic heterocycles. The van der Waals surface area contributed by atoms with E-state index in [4.69, 9.17) is 10.5 Å². The molecule has 0 radical (unpaired) electrons. The molecule has 2 aromatic carbocycles. The van der Waals surface area contributed by atoms with Crippen molar-refractivity contribution in [2.45, 2.75) is 6.54 Å². The van der Waals surface area contributed by atoms with Crippen LogP contribution < -0.4 is 20.7 Å². The number of rotatable bonds is 5. The Hall–Kier alpha value is -3.22. The Morgan fingerprint density at radius 3 is 2.46 bits per heavy atom. The fourth-order valence-electron chi connectivity index (χ4n) is 3.32. The lowest BCUT2D eigenvalue weighted by atomic mass is 10.1. The second-order valence-corrected chi connectivity index (χ2v) is 6.64. The quantitative estimate of drug-likeness (QED) is 0.608. The van der Waals surface area contributed by atoms with E-state index in [-0.39, 0.29) is 0 Å². The number of piperazine rings is 1. The van der Waals surface area contributed by atoms with Crippen LogP contribution in [-0.2, 0) is 6.54 Å². The minimum Gasteiger partial charge on any atom is -0.497 e. The molecule has 3 rings (SSSR count). The highest BCUT2D eigenvalue weighted by Gasteiger charge is 2.19. The number of guanidine groups is 1. The molecule has 1 aliphatic rings. The molecule has 0 atom stereocenters. The van der Waals surface area contributed by atoms with E-state index < -0.39 is 5.91 Å². The van der Waals surface area contributed by atoms with Crippen molar-refractivity contribution in [2.24, 2.45) is 10.7 Å². The number of anilines is 1. The maximum absolute atomic E-state index is 11.3. The molecular formula is C21H27N5O2. The van der Waals surface area contributed by atoms with E-state index in [9.17, 15) is 4.79 Å². The van der Waals surface area contributed by atoms with Gasteiger partial charge in [-0.05, 0) is 42.0 Å². The van der Waals surface area contributed by atoms with Crippen molar-refractivity contribution >= 4 is 17.6 Å². The molecule has 0 bridgehead atoms. The van der Waals surface area contributed by atoms with E-state index in [0.717, 1.165) is 43.5 Å². The molecule has 1 heterocycles. The Kier molecular flexibility index (Phi) is 6.37. The Morgan fingerprint density at radius 1 is 1.14 bits per heavy atom. The van der Waals surface area contributed by atoms with Crippen LogP contribution in [0.2, 0.25) is 0 Å². The van der Waals surface area contributed by atoms with Crippen LogP contribution >= 0.6 is 0 Å². The second-order valence-electron chi connectivity index (χ2n) is 6.64. The van der Waals surface area contributed by atoms with Gasteiger partial charge in [0.05, 0.1) is 7.11 Å². The first kappa shape index (κ1) is 19.5. The first-order chi connectivity index (χ1) is 13.6. The van der Waals surface area contributed by atoms with Crippen LogP contribution in [0.1, 0.15) is 15.9 Å². The largest absolute Gasteiger partial charge is 0.497 e. The molecule has 3 N–H and O–H groups in total. The van der Waals surface area contributed by atoms with Crippen molar-refractivity contribution in [3.05, 3.63) is 59.7 Å². The number of methoxy groups -OCH3 is 1. The fraction of sp³-hybridized carbons (Fsp3) is 0.333. The number of hydrogen-bond donors (Lipinski definition) is 2. The van der Waals surface area contributed by atoms with E-state index in [1.165, 1.54) is 5.69 Å². The summed E-state index contributed by atoms with van der Waals surface area (Å²) in [6.07, 6.45) is 0. The maximum atomic E-state index is 11.3. The molecule has 28 heavy (non-hydrogen) atoms. The lowest BCUT2D eigenvalue weighted by Crippen LogP contribution is -2.52. The van der Waals surface area contributed by atoms with Crippen molar-refractivity contribution in [3.63, 3.8) is 0 Å². The number of carbonyl (C=O) groups excluding carboxylic acids is 1. The number of benzene rings is 2. The number of ether oxygens (including phenoxy) is 1. The van der Waals surface area contributed by atoms with E-state index in [1.54, 1.807) is 20.2 Å². The van der Waals surface area contributed by atoms with E-state index in [1.807, 2.05) is 30.3 Å². The zero-order valence-electron chi connectivity index (χ0n) is 16.4. The molecule has 0 unspecified atom stereocenters. The maximum Gasteiger partial charge on any atom is 0.248 e. The summed E-state index contributed by atoms with van der Waals surface area (Å²) in [6.45, 7) is 4.20. The number of primary amides is 1. The molecule has 0 spiro atoms. The predicted octanol–water partition coefficient (Wildman–Crippen LogP) is 1.69. The fourth-order valence-corrected chi connectivity index (χ4v) is 3.32. The van der Waals surface area contributed by atoms with Gasteiger partial charge in [-0.25, -0.2) is 0 Å². The van der Waals surface area contributed by atoms with Gasteiger partial charge in [-0.3, -0.25) is 9.79 Å². The first-order valence-electron chi connectivity index (χ1n) is 9.34. The third-order valence-corrected chi connectivity index (χ3v) is 4.89. The lowest BCUT2D eigenvalue weighted by molar-refractivity contribution is 0.1000. The molecule has 2 aromatic rings. The van der Waals surface area contributed by atoms with Crippen molar-refractivity contribution in [2.75, 3.05) is 45.2 Å². The molecule has 1 saturated heterocycles. The predicted molar refractivity (Wildman–Crippen MR) is 112 cm³/mol. The molecule has 1 amide bonds. The lowest BCUT2D eigenvalue weighted by Gasteiger charge is -2.37. The van der Waals surface area contributed by atoms with Crippen LogP contribution in [0.4, 0.5) is 5.69 Å². The number of nitrogens with one attached hydrogen (secondary N) is 1. The van der Waals surface area contributed by atoms with Gasteiger partial charge in [0.25, 0.3) is 0 Å². The smallest absolute Gasteiger partial charge is 0.248 e. The highest BCUT2D eigenvalue weighted by atomic mass is 16.5. The Balaban J connectivity index is 1.54. The second kappa shape index (κ2) is 9.12. The summed E-state index contributed by atoms with van der Waals surface area (Å²) in [5.74, 6) is 1.31. The van der Waals surface area contributed by atoms with Gasteiger partial charge in [-0.2, -0.15) is 0 Å². The molecule has 1 fully saturated rings. The summed E-state index contributed by atoms with van der Waals surface area (Å²) >= 11 is 0. The number of hydrogen-bond acceptors (Lipinski definition) is 4. The van der Waals surface area contributed by atoms with Crippen molar-refractivity contribution in [1.82, 2.24) is 10.2 Å². The normalized spacial score (nSPS) is 14.7. The first-order valence-corrected chi connectivity index (χ1v) is 9.34. The van der Waals surface area contributed by atoms with Gasteiger partial charge in [0.2, 0.25) is 5.91 Å². The highest BCUT2D eigenvalue weighted by molar-refractivity contribution is 5.92. The summed E-state index contributed by atoms with van der Waals surface area (Å²) < 4.78 is 5.23. The molecule has 7 nitrogen and oxygen atoms in total.